The summed E-state index contributed by atoms with van der Waals surface area (Å²) in [6, 6.07) is 6.98. The molecule has 0 spiro atoms. The number of benzene rings is 1. The molecule has 0 saturated carbocycles. The summed E-state index contributed by atoms with van der Waals surface area (Å²) in [6.45, 7) is 0.132. The Hall–Kier alpha value is -1.23. The van der Waals surface area contributed by atoms with Gasteiger partial charge in [-0.05, 0) is 12.1 Å². The number of ether oxygens (including phenoxy) is 1. The lowest BCUT2D eigenvalue weighted by atomic mass is 10.3. The van der Waals surface area contributed by atoms with Crippen molar-refractivity contribution in [2.45, 2.75) is 0 Å². The molecule has 0 bridgehead atoms. The number of sulfone groups is 1. The number of hydrogen-bond donors (Lipinski definition) is 1. The highest BCUT2D eigenvalue weighted by Gasteiger charge is 2.03. The molecule has 0 aliphatic heterocycles. The molecule has 78 valence electrons. The van der Waals surface area contributed by atoms with E-state index in [1.165, 1.54) is 6.26 Å². The van der Waals surface area contributed by atoms with E-state index in [1.54, 1.807) is 24.3 Å². The molecule has 1 aromatic rings. The van der Waals surface area contributed by atoms with Crippen molar-refractivity contribution in [3.05, 3.63) is 24.3 Å². The van der Waals surface area contributed by atoms with Gasteiger partial charge < -0.3 is 10.5 Å². The first-order valence-corrected chi connectivity index (χ1v) is 6.20. The lowest BCUT2D eigenvalue weighted by Crippen LogP contribution is -2.12. The maximum Gasteiger partial charge on any atom is 0.150 e. The van der Waals surface area contributed by atoms with E-state index in [0.717, 1.165) is 0 Å². The zero-order chi connectivity index (χ0) is 10.6. The Morgan fingerprint density at radius 1 is 1.36 bits per heavy atom. The average molecular weight is 215 g/mol. The predicted octanol–water partition coefficient (Wildman–Crippen LogP) is 0.692. The first kappa shape index (κ1) is 10.8. The minimum Gasteiger partial charge on any atom is -0.490 e. The van der Waals surface area contributed by atoms with Crippen LogP contribution in [0.4, 0.5) is 5.69 Å². The second-order valence-electron chi connectivity index (χ2n) is 3.02. The van der Waals surface area contributed by atoms with E-state index in [4.69, 9.17) is 10.5 Å². The highest BCUT2D eigenvalue weighted by Crippen LogP contribution is 2.19. The van der Waals surface area contributed by atoms with Crippen molar-refractivity contribution in [3.63, 3.8) is 0 Å². The summed E-state index contributed by atoms with van der Waals surface area (Å²) in [5, 5.41) is 0. The Kier molecular flexibility index (Phi) is 3.35. The Morgan fingerprint density at radius 3 is 2.57 bits per heavy atom. The molecule has 14 heavy (non-hydrogen) atoms. The molecule has 0 atom stereocenters. The van der Waals surface area contributed by atoms with E-state index >= 15 is 0 Å². The topological polar surface area (TPSA) is 69.4 Å². The third kappa shape index (κ3) is 3.66. The Morgan fingerprint density at radius 2 is 2.00 bits per heavy atom. The van der Waals surface area contributed by atoms with Gasteiger partial charge in [-0.2, -0.15) is 0 Å². The van der Waals surface area contributed by atoms with Crippen molar-refractivity contribution in [2.75, 3.05) is 24.3 Å². The van der Waals surface area contributed by atoms with Gasteiger partial charge in [-0.25, -0.2) is 8.42 Å². The van der Waals surface area contributed by atoms with Crippen molar-refractivity contribution < 1.29 is 13.2 Å². The quantitative estimate of drug-likeness (QED) is 0.750. The van der Waals surface area contributed by atoms with Crippen LogP contribution in [0.2, 0.25) is 0 Å². The monoisotopic (exact) mass is 215 g/mol. The van der Waals surface area contributed by atoms with E-state index in [2.05, 4.69) is 0 Å². The molecule has 0 aliphatic rings. The fraction of sp³-hybridized carbons (Fsp3) is 0.333. The van der Waals surface area contributed by atoms with Crippen molar-refractivity contribution >= 4 is 15.5 Å². The largest absolute Gasteiger partial charge is 0.490 e. The third-order valence-electron chi connectivity index (χ3n) is 1.63. The molecule has 2 N–H and O–H groups in total. The lowest BCUT2D eigenvalue weighted by Gasteiger charge is -2.07. The summed E-state index contributed by atoms with van der Waals surface area (Å²) in [5.41, 5.74) is 6.11. The molecule has 0 unspecified atom stereocenters. The maximum absolute atomic E-state index is 10.8. The van der Waals surface area contributed by atoms with Crippen LogP contribution in [0.3, 0.4) is 0 Å². The second-order valence-corrected chi connectivity index (χ2v) is 5.28. The zero-order valence-electron chi connectivity index (χ0n) is 7.93. The molecule has 0 amide bonds. The normalized spacial score (nSPS) is 11.2. The molecule has 1 rings (SSSR count). The number of nitrogens with two attached hydrogens (primary N) is 1. The highest BCUT2D eigenvalue weighted by atomic mass is 32.2. The zero-order valence-corrected chi connectivity index (χ0v) is 8.75. The average Bonchev–Trinajstić information content (AvgIpc) is 2.06. The van der Waals surface area contributed by atoms with E-state index in [9.17, 15) is 8.42 Å². The van der Waals surface area contributed by atoms with E-state index < -0.39 is 9.84 Å². The van der Waals surface area contributed by atoms with Gasteiger partial charge in [0, 0.05) is 6.26 Å². The van der Waals surface area contributed by atoms with Crippen molar-refractivity contribution in [2.24, 2.45) is 0 Å². The van der Waals surface area contributed by atoms with Gasteiger partial charge in [0.1, 0.15) is 12.4 Å². The first-order valence-electron chi connectivity index (χ1n) is 4.14. The summed E-state index contributed by atoms with van der Waals surface area (Å²) in [6.07, 6.45) is 1.17. The summed E-state index contributed by atoms with van der Waals surface area (Å²) >= 11 is 0. The molecule has 0 fully saturated rings. The third-order valence-corrected chi connectivity index (χ3v) is 2.54. The van der Waals surface area contributed by atoms with Crippen LogP contribution in [0.5, 0.6) is 5.75 Å². The fourth-order valence-corrected chi connectivity index (χ4v) is 1.30. The SMILES string of the molecule is CS(=O)(=O)CCOc1ccccc1N. The molecule has 1 aromatic carbocycles. The standard InChI is InChI=1S/C9H13NO3S/c1-14(11,12)7-6-13-9-5-3-2-4-8(9)10/h2-5H,6-7,10H2,1H3. The van der Waals surface area contributed by atoms with Crippen LogP contribution in [0.25, 0.3) is 0 Å². The van der Waals surface area contributed by atoms with Gasteiger partial charge in [0.25, 0.3) is 0 Å². The molecular formula is C9H13NO3S. The molecule has 0 radical (unpaired) electrons. The van der Waals surface area contributed by atoms with Crippen molar-refractivity contribution in [3.8, 4) is 5.75 Å². The smallest absolute Gasteiger partial charge is 0.150 e. The lowest BCUT2D eigenvalue weighted by molar-refractivity contribution is 0.343. The van der Waals surface area contributed by atoms with Crippen LogP contribution < -0.4 is 10.5 Å². The Bertz CT molecular complexity index is 400. The van der Waals surface area contributed by atoms with Crippen LogP contribution in [-0.2, 0) is 9.84 Å². The molecule has 0 aromatic heterocycles. The van der Waals surface area contributed by atoms with Gasteiger partial charge in [0.15, 0.2) is 9.84 Å². The van der Waals surface area contributed by atoms with Gasteiger partial charge >= 0.3 is 0 Å². The summed E-state index contributed by atoms with van der Waals surface area (Å²) in [4.78, 5) is 0. The van der Waals surface area contributed by atoms with Crippen molar-refractivity contribution in [1.82, 2.24) is 0 Å². The van der Waals surface area contributed by atoms with Gasteiger partial charge in [0.05, 0.1) is 11.4 Å². The van der Waals surface area contributed by atoms with Crippen LogP contribution in [0.1, 0.15) is 0 Å². The van der Waals surface area contributed by atoms with Crippen molar-refractivity contribution in [1.29, 1.82) is 0 Å². The summed E-state index contributed by atoms with van der Waals surface area (Å²) in [7, 11) is -2.97. The number of anilines is 1. The van der Waals surface area contributed by atoms with Crippen LogP contribution in [0, 0.1) is 0 Å². The molecular weight excluding hydrogens is 202 g/mol. The fourth-order valence-electron chi connectivity index (χ4n) is 0.915. The van der Waals surface area contributed by atoms with Gasteiger partial charge in [0.2, 0.25) is 0 Å². The number of nitrogen functional groups attached to an aromatic ring is 1. The number of para-hydroxylation sites is 2. The first-order chi connectivity index (χ1) is 6.49. The summed E-state index contributed by atoms with van der Waals surface area (Å²) < 4.78 is 26.8. The maximum atomic E-state index is 10.8. The van der Waals surface area contributed by atoms with Crippen LogP contribution >= 0.6 is 0 Å². The van der Waals surface area contributed by atoms with Gasteiger partial charge in [-0.1, -0.05) is 12.1 Å². The number of hydrogen-bond acceptors (Lipinski definition) is 4. The van der Waals surface area contributed by atoms with E-state index in [0.29, 0.717) is 11.4 Å². The Balaban J connectivity index is 2.51. The molecule has 0 saturated heterocycles. The molecule has 0 heterocycles. The minimum atomic E-state index is -2.97. The van der Waals surface area contributed by atoms with E-state index in [-0.39, 0.29) is 12.4 Å². The minimum absolute atomic E-state index is 0.00132. The molecule has 4 nitrogen and oxygen atoms in total. The molecule has 5 heteroatoms. The Labute approximate surface area is 83.6 Å². The van der Waals surface area contributed by atoms with E-state index in [1.807, 2.05) is 0 Å². The van der Waals surface area contributed by atoms with Crippen LogP contribution in [-0.4, -0.2) is 27.0 Å². The summed E-state index contributed by atoms with van der Waals surface area (Å²) in [5.74, 6) is 0.526. The highest BCUT2D eigenvalue weighted by molar-refractivity contribution is 7.90. The van der Waals surface area contributed by atoms with Crippen LogP contribution in [0.15, 0.2) is 24.3 Å². The molecule has 0 aliphatic carbocycles. The second kappa shape index (κ2) is 4.32. The van der Waals surface area contributed by atoms with Gasteiger partial charge in [-0.3, -0.25) is 0 Å². The predicted molar refractivity (Wildman–Crippen MR) is 56.1 cm³/mol. The van der Waals surface area contributed by atoms with Gasteiger partial charge in [-0.15, -0.1) is 0 Å². The number of rotatable bonds is 4.